The van der Waals surface area contributed by atoms with Crippen molar-refractivity contribution in [2.45, 2.75) is 20.8 Å². The van der Waals surface area contributed by atoms with Crippen LogP contribution >= 0.6 is 0 Å². The minimum atomic E-state index is -0.360. The number of aryl methyl sites for hydroxylation is 3. The maximum atomic E-state index is 11.1. The second-order valence-electron chi connectivity index (χ2n) is 4.04. The molecule has 0 N–H and O–H groups in total. The van der Waals surface area contributed by atoms with Crippen molar-refractivity contribution in [3.63, 3.8) is 0 Å². The third kappa shape index (κ3) is 1.91. The number of rotatable bonds is 2. The van der Waals surface area contributed by atoms with Crippen LogP contribution in [0.25, 0.3) is 5.69 Å². The average Bonchev–Trinajstić information content (AvgIpc) is 2.56. The largest absolute Gasteiger partial charge is 0.297 e. The number of nitrogens with zero attached hydrogens (tertiary/aromatic N) is 3. The van der Waals surface area contributed by atoms with Gasteiger partial charge in [0, 0.05) is 11.3 Å². The van der Waals surface area contributed by atoms with Gasteiger partial charge in [-0.05, 0) is 32.9 Å². The molecular formula is C12H13N3O2. The summed E-state index contributed by atoms with van der Waals surface area (Å²) in [4.78, 5) is 10.7. The molecule has 0 aliphatic rings. The highest BCUT2D eigenvalue weighted by Gasteiger charge is 2.19. The Labute approximate surface area is 98.8 Å². The Bertz CT molecular complexity index is 587. The minimum absolute atomic E-state index is 0.110. The lowest BCUT2D eigenvalue weighted by Gasteiger charge is -2.06. The van der Waals surface area contributed by atoms with Crippen molar-refractivity contribution in [1.29, 1.82) is 0 Å². The Morgan fingerprint density at radius 3 is 2.53 bits per heavy atom. The molecule has 2 rings (SSSR count). The van der Waals surface area contributed by atoms with E-state index in [0.717, 1.165) is 11.4 Å². The quantitative estimate of drug-likeness (QED) is 0.589. The summed E-state index contributed by atoms with van der Waals surface area (Å²) in [6.07, 6.45) is 0. The number of aromatic nitrogens is 2. The van der Waals surface area contributed by atoms with Crippen LogP contribution in [0.5, 0.6) is 0 Å². The van der Waals surface area contributed by atoms with E-state index < -0.39 is 0 Å². The summed E-state index contributed by atoms with van der Waals surface area (Å²) >= 11 is 0. The Hall–Kier alpha value is -2.17. The molecule has 0 aliphatic carbocycles. The lowest BCUT2D eigenvalue weighted by atomic mass is 10.1. The summed E-state index contributed by atoms with van der Waals surface area (Å²) in [6.45, 7) is 5.48. The highest BCUT2D eigenvalue weighted by Crippen LogP contribution is 2.27. The van der Waals surface area contributed by atoms with E-state index in [4.69, 9.17) is 0 Å². The van der Waals surface area contributed by atoms with E-state index in [-0.39, 0.29) is 10.6 Å². The van der Waals surface area contributed by atoms with Gasteiger partial charge < -0.3 is 0 Å². The molecule has 0 saturated heterocycles. The molecule has 2 aromatic rings. The molecule has 5 nitrogen and oxygen atoms in total. The summed E-state index contributed by atoms with van der Waals surface area (Å²) < 4.78 is 1.61. The third-order valence-electron chi connectivity index (χ3n) is 2.64. The van der Waals surface area contributed by atoms with Crippen molar-refractivity contribution in [1.82, 2.24) is 9.78 Å². The molecule has 0 unspecified atom stereocenters. The van der Waals surface area contributed by atoms with Crippen LogP contribution < -0.4 is 0 Å². The summed E-state index contributed by atoms with van der Waals surface area (Å²) in [5, 5.41) is 15.4. The van der Waals surface area contributed by atoms with E-state index in [9.17, 15) is 10.1 Å². The van der Waals surface area contributed by atoms with Crippen LogP contribution in [-0.4, -0.2) is 14.7 Å². The van der Waals surface area contributed by atoms with Crippen molar-refractivity contribution in [2.75, 3.05) is 0 Å². The molecule has 0 fully saturated rings. The van der Waals surface area contributed by atoms with Crippen LogP contribution in [0, 0.1) is 30.9 Å². The molecule has 1 aromatic heterocycles. The summed E-state index contributed by atoms with van der Waals surface area (Å²) in [5.74, 6) is 0. The van der Waals surface area contributed by atoms with E-state index in [0.29, 0.717) is 11.3 Å². The molecule has 0 bridgehead atoms. The first-order valence-corrected chi connectivity index (χ1v) is 5.28. The van der Waals surface area contributed by atoms with Gasteiger partial charge >= 0.3 is 0 Å². The van der Waals surface area contributed by atoms with Gasteiger partial charge in [-0.1, -0.05) is 12.1 Å². The zero-order valence-electron chi connectivity index (χ0n) is 9.97. The molecule has 1 aromatic carbocycles. The van der Waals surface area contributed by atoms with Gasteiger partial charge in [0.2, 0.25) is 0 Å². The maximum Gasteiger partial charge on any atom is 0.297 e. The van der Waals surface area contributed by atoms with Gasteiger partial charge in [0.25, 0.3) is 5.69 Å². The Morgan fingerprint density at radius 2 is 2.00 bits per heavy atom. The predicted octanol–water partition coefficient (Wildman–Crippen LogP) is 2.71. The topological polar surface area (TPSA) is 61.0 Å². The molecule has 5 heteroatoms. The minimum Gasteiger partial charge on any atom is -0.258 e. The van der Waals surface area contributed by atoms with Crippen molar-refractivity contribution in [3.8, 4) is 5.69 Å². The third-order valence-corrected chi connectivity index (χ3v) is 2.64. The van der Waals surface area contributed by atoms with E-state index in [1.807, 2.05) is 19.9 Å². The summed E-state index contributed by atoms with van der Waals surface area (Å²) in [7, 11) is 0. The van der Waals surface area contributed by atoms with Crippen LogP contribution in [0.1, 0.15) is 17.0 Å². The normalized spacial score (nSPS) is 10.5. The van der Waals surface area contributed by atoms with Gasteiger partial charge in [-0.3, -0.25) is 10.1 Å². The Kier molecular flexibility index (Phi) is 2.67. The van der Waals surface area contributed by atoms with Gasteiger partial charge in [-0.15, -0.1) is 0 Å². The van der Waals surface area contributed by atoms with Gasteiger partial charge in [-0.25, -0.2) is 4.68 Å². The van der Waals surface area contributed by atoms with Crippen molar-refractivity contribution >= 4 is 5.69 Å². The Morgan fingerprint density at radius 1 is 1.29 bits per heavy atom. The van der Waals surface area contributed by atoms with Gasteiger partial charge in [0.05, 0.1) is 10.6 Å². The zero-order valence-corrected chi connectivity index (χ0v) is 9.97. The number of hydrogen-bond donors (Lipinski definition) is 0. The second kappa shape index (κ2) is 4.01. The molecule has 88 valence electrons. The highest BCUT2D eigenvalue weighted by atomic mass is 16.6. The van der Waals surface area contributed by atoms with Crippen LogP contribution in [0.4, 0.5) is 5.69 Å². The number of hydrogen-bond acceptors (Lipinski definition) is 3. The zero-order chi connectivity index (χ0) is 12.6. The Balaban J connectivity index is 2.71. The molecule has 0 spiro atoms. The van der Waals surface area contributed by atoms with E-state index in [1.165, 1.54) is 0 Å². The first-order valence-electron chi connectivity index (χ1n) is 5.28. The van der Waals surface area contributed by atoms with E-state index in [2.05, 4.69) is 5.10 Å². The smallest absolute Gasteiger partial charge is 0.258 e. The number of nitro benzene ring substituents is 1. The fourth-order valence-corrected chi connectivity index (χ4v) is 1.92. The van der Waals surface area contributed by atoms with Crippen molar-refractivity contribution in [3.05, 3.63) is 51.3 Å². The second-order valence-corrected chi connectivity index (χ2v) is 4.04. The fourth-order valence-electron chi connectivity index (χ4n) is 1.92. The summed E-state index contributed by atoms with van der Waals surface area (Å²) in [6, 6.07) is 7.14. The number of benzene rings is 1. The lowest BCUT2D eigenvalue weighted by Crippen LogP contribution is -2.04. The van der Waals surface area contributed by atoms with Gasteiger partial charge in [-0.2, -0.15) is 5.10 Å². The van der Waals surface area contributed by atoms with Crippen molar-refractivity contribution in [2.24, 2.45) is 0 Å². The lowest BCUT2D eigenvalue weighted by molar-refractivity contribution is -0.385. The standard InChI is InChI=1S/C12H13N3O2/c1-8-5-4-6-11(12(8)15(16)17)14-10(3)7-9(2)13-14/h4-7H,1-3H3. The first kappa shape index (κ1) is 11.3. The molecule has 0 atom stereocenters. The number of para-hydroxylation sites is 1. The average molecular weight is 231 g/mol. The van der Waals surface area contributed by atoms with Crippen LogP contribution in [0.2, 0.25) is 0 Å². The monoisotopic (exact) mass is 231 g/mol. The predicted molar refractivity (Wildman–Crippen MR) is 64.4 cm³/mol. The van der Waals surface area contributed by atoms with Gasteiger partial charge in [0.1, 0.15) is 5.69 Å². The highest BCUT2D eigenvalue weighted by molar-refractivity contribution is 5.57. The molecular weight excluding hydrogens is 218 g/mol. The van der Waals surface area contributed by atoms with Gasteiger partial charge in [0.15, 0.2) is 0 Å². The van der Waals surface area contributed by atoms with Crippen LogP contribution in [-0.2, 0) is 0 Å². The van der Waals surface area contributed by atoms with E-state index >= 15 is 0 Å². The SMILES string of the molecule is Cc1cc(C)n(-c2cccc(C)c2[N+](=O)[O-])n1. The fraction of sp³-hybridized carbons (Fsp3) is 0.250. The van der Waals surface area contributed by atoms with Crippen molar-refractivity contribution < 1.29 is 4.92 Å². The molecule has 0 saturated carbocycles. The molecule has 0 radical (unpaired) electrons. The van der Waals surface area contributed by atoms with Crippen LogP contribution in [0.15, 0.2) is 24.3 Å². The number of nitro groups is 1. The molecule has 0 amide bonds. The molecule has 0 aliphatic heterocycles. The van der Waals surface area contributed by atoms with Crippen LogP contribution in [0.3, 0.4) is 0 Å². The summed E-state index contributed by atoms with van der Waals surface area (Å²) in [5.41, 5.74) is 2.99. The maximum absolute atomic E-state index is 11.1. The molecule has 17 heavy (non-hydrogen) atoms. The first-order chi connectivity index (χ1) is 8.00. The van der Waals surface area contributed by atoms with E-state index in [1.54, 1.807) is 29.8 Å². The molecule has 1 heterocycles.